The molecule has 1 aliphatic heterocycles. The topological polar surface area (TPSA) is 23.5 Å². The predicted molar refractivity (Wildman–Crippen MR) is 85.4 cm³/mol. The van der Waals surface area contributed by atoms with Crippen LogP contribution >= 0.6 is 11.6 Å². The Morgan fingerprint density at radius 3 is 2.30 bits per heavy atom. The predicted octanol–water partition coefficient (Wildman–Crippen LogP) is 3.85. The van der Waals surface area contributed by atoms with Crippen LogP contribution in [0.2, 0.25) is 5.02 Å². The van der Waals surface area contributed by atoms with Gasteiger partial charge in [-0.1, -0.05) is 37.6 Å². The van der Waals surface area contributed by atoms with E-state index in [1.54, 1.807) is 0 Å². The summed E-state index contributed by atoms with van der Waals surface area (Å²) in [6.45, 7) is 9.62. The molecule has 0 spiro atoms. The van der Waals surface area contributed by atoms with E-state index in [-0.39, 0.29) is 5.41 Å². The van der Waals surface area contributed by atoms with Crippen LogP contribution in [0.5, 0.6) is 0 Å². The largest absolute Gasteiger partial charge is 0.390 e. The lowest BCUT2D eigenvalue weighted by Crippen LogP contribution is -2.43. The normalized spacial score (nSPS) is 20.1. The van der Waals surface area contributed by atoms with Gasteiger partial charge in [-0.25, -0.2) is 0 Å². The fraction of sp³-hybridized carbons (Fsp3) is 0.647. The van der Waals surface area contributed by atoms with Gasteiger partial charge < -0.3 is 10.0 Å². The van der Waals surface area contributed by atoms with E-state index in [2.05, 4.69) is 30.9 Å². The summed E-state index contributed by atoms with van der Waals surface area (Å²) in [4.78, 5) is 2.47. The van der Waals surface area contributed by atoms with Gasteiger partial charge in [-0.05, 0) is 55.8 Å². The maximum atomic E-state index is 9.99. The summed E-state index contributed by atoms with van der Waals surface area (Å²) < 4.78 is 0. The quantitative estimate of drug-likeness (QED) is 0.912. The van der Waals surface area contributed by atoms with Gasteiger partial charge in [0.2, 0.25) is 0 Å². The molecule has 0 aliphatic carbocycles. The maximum absolute atomic E-state index is 9.99. The molecule has 1 fully saturated rings. The monoisotopic (exact) mass is 295 g/mol. The molecular weight excluding hydrogens is 270 g/mol. The van der Waals surface area contributed by atoms with Gasteiger partial charge in [-0.2, -0.15) is 0 Å². The number of halogens is 1. The molecule has 2 rings (SSSR count). The first-order valence-electron chi connectivity index (χ1n) is 7.49. The second-order valence-electron chi connectivity index (χ2n) is 6.98. The van der Waals surface area contributed by atoms with Crippen molar-refractivity contribution in [3.05, 3.63) is 34.9 Å². The fourth-order valence-electron chi connectivity index (χ4n) is 2.74. The molecule has 1 aromatic carbocycles. The van der Waals surface area contributed by atoms with E-state index < -0.39 is 5.60 Å². The standard InChI is InChI=1S/C17H26ClNO/c1-16(2,14-4-6-15(18)7-5-14)8-11-19-12-9-17(3,20)10-13-19/h4-7,20H,8-13H2,1-3H3. The first-order chi connectivity index (χ1) is 9.28. The molecule has 1 saturated heterocycles. The van der Waals surface area contributed by atoms with E-state index in [0.29, 0.717) is 0 Å². The Hall–Kier alpha value is -0.570. The van der Waals surface area contributed by atoms with Gasteiger partial charge in [0, 0.05) is 18.1 Å². The molecule has 0 aromatic heterocycles. The van der Waals surface area contributed by atoms with Crippen LogP contribution in [0.4, 0.5) is 0 Å². The van der Waals surface area contributed by atoms with E-state index in [1.807, 2.05) is 19.1 Å². The number of piperidine rings is 1. The van der Waals surface area contributed by atoms with E-state index in [0.717, 1.165) is 43.9 Å². The van der Waals surface area contributed by atoms with Crippen molar-refractivity contribution in [2.24, 2.45) is 0 Å². The molecule has 0 atom stereocenters. The molecule has 1 aliphatic rings. The number of rotatable bonds is 4. The summed E-state index contributed by atoms with van der Waals surface area (Å²) in [7, 11) is 0. The molecule has 0 saturated carbocycles. The average Bonchev–Trinajstić information content (AvgIpc) is 2.38. The van der Waals surface area contributed by atoms with Crippen LogP contribution in [0.15, 0.2) is 24.3 Å². The maximum Gasteiger partial charge on any atom is 0.0644 e. The van der Waals surface area contributed by atoms with Gasteiger partial charge in [0.1, 0.15) is 0 Å². The van der Waals surface area contributed by atoms with Crippen molar-refractivity contribution in [3.8, 4) is 0 Å². The van der Waals surface area contributed by atoms with Gasteiger partial charge >= 0.3 is 0 Å². The molecule has 0 radical (unpaired) electrons. The third kappa shape index (κ3) is 4.21. The van der Waals surface area contributed by atoms with Crippen molar-refractivity contribution in [2.75, 3.05) is 19.6 Å². The Morgan fingerprint density at radius 1 is 1.20 bits per heavy atom. The summed E-state index contributed by atoms with van der Waals surface area (Å²) >= 11 is 5.96. The molecule has 3 heteroatoms. The highest BCUT2D eigenvalue weighted by molar-refractivity contribution is 6.30. The Bertz CT molecular complexity index is 429. The molecule has 112 valence electrons. The number of benzene rings is 1. The van der Waals surface area contributed by atoms with Crippen molar-refractivity contribution in [1.29, 1.82) is 0 Å². The van der Waals surface area contributed by atoms with Crippen LogP contribution in [0.1, 0.15) is 45.6 Å². The molecule has 2 nitrogen and oxygen atoms in total. The lowest BCUT2D eigenvalue weighted by atomic mass is 9.81. The highest BCUT2D eigenvalue weighted by Gasteiger charge is 2.28. The Kier molecular flexibility index (Phi) is 4.78. The second kappa shape index (κ2) is 6.05. The number of hydrogen-bond donors (Lipinski definition) is 1. The number of likely N-dealkylation sites (tertiary alicyclic amines) is 1. The fourth-order valence-corrected chi connectivity index (χ4v) is 2.87. The Balaban J connectivity index is 1.88. The minimum Gasteiger partial charge on any atom is -0.390 e. The van der Waals surface area contributed by atoms with Gasteiger partial charge in [0.05, 0.1) is 5.60 Å². The molecule has 1 N–H and O–H groups in total. The van der Waals surface area contributed by atoms with Crippen LogP contribution in [0.3, 0.4) is 0 Å². The van der Waals surface area contributed by atoms with E-state index in [1.165, 1.54) is 5.56 Å². The van der Waals surface area contributed by atoms with Crippen molar-refractivity contribution in [3.63, 3.8) is 0 Å². The van der Waals surface area contributed by atoms with Gasteiger partial charge in [-0.3, -0.25) is 0 Å². The average molecular weight is 296 g/mol. The van der Waals surface area contributed by atoms with Crippen LogP contribution in [0.25, 0.3) is 0 Å². The summed E-state index contributed by atoms with van der Waals surface area (Å²) in [5, 5.41) is 10.8. The second-order valence-corrected chi connectivity index (χ2v) is 7.42. The lowest BCUT2D eigenvalue weighted by molar-refractivity contribution is -0.00642. The third-order valence-electron chi connectivity index (χ3n) is 4.61. The zero-order chi connectivity index (χ0) is 14.8. The zero-order valence-corrected chi connectivity index (χ0v) is 13.6. The summed E-state index contributed by atoms with van der Waals surface area (Å²) in [6.07, 6.45) is 2.89. The minimum absolute atomic E-state index is 0.157. The SMILES string of the molecule is CC1(O)CCN(CCC(C)(C)c2ccc(Cl)cc2)CC1. The highest BCUT2D eigenvalue weighted by Crippen LogP contribution is 2.29. The number of nitrogens with zero attached hydrogens (tertiary/aromatic N) is 1. The van der Waals surface area contributed by atoms with Crippen molar-refractivity contribution in [1.82, 2.24) is 4.90 Å². The van der Waals surface area contributed by atoms with Crippen molar-refractivity contribution < 1.29 is 5.11 Å². The molecule has 1 heterocycles. The lowest BCUT2D eigenvalue weighted by Gasteiger charge is -2.37. The Morgan fingerprint density at radius 2 is 1.75 bits per heavy atom. The Labute approximate surface area is 127 Å². The van der Waals surface area contributed by atoms with Gasteiger partial charge in [-0.15, -0.1) is 0 Å². The van der Waals surface area contributed by atoms with E-state index >= 15 is 0 Å². The first-order valence-corrected chi connectivity index (χ1v) is 7.87. The van der Waals surface area contributed by atoms with Crippen LogP contribution < -0.4 is 0 Å². The van der Waals surface area contributed by atoms with Crippen molar-refractivity contribution in [2.45, 2.75) is 51.0 Å². The number of aliphatic hydroxyl groups is 1. The van der Waals surface area contributed by atoms with Gasteiger partial charge in [0.25, 0.3) is 0 Å². The van der Waals surface area contributed by atoms with E-state index in [4.69, 9.17) is 11.6 Å². The minimum atomic E-state index is -0.456. The smallest absolute Gasteiger partial charge is 0.0644 e. The molecule has 0 unspecified atom stereocenters. The van der Waals surface area contributed by atoms with Crippen LogP contribution in [0, 0.1) is 0 Å². The van der Waals surface area contributed by atoms with Crippen LogP contribution in [-0.4, -0.2) is 35.2 Å². The molecular formula is C17H26ClNO. The summed E-state index contributed by atoms with van der Waals surface area (Å²) in [6, 6.07) is 8.19. The molecule has 0 amide bonds. The zero-order valence-electron chi connectivity index (χ0n) is 12.8. The van der Waals surface area contributed by atoms with Gasteiger partial charge in [0.15, 0.2) is 0 Å². The first kappa shape index (κ1) is 15.8. The molecule has 1 aromatic rings. The summed E-state index contributed by atoms with van der Waals surface area (Å²) in [5.41, 5.74) is 1.04. The van der Waals surface area contributed by atoms with Crippen LogP contribution in [-0.2, 0) is 5.41 Å². The van der Waals surface area contributed by atoms with E-state index in [9.17, 15) is 5.11 Å². The molecule has 20 heavy (non-hydrogen) atoms. The third-order valence-corrected chi connectivity index (χ3v) is 4.86. The molecule has 0 bridgehead atoms. The highest BCUT2D eigenvalue weighted by atomic mass is 35.5. The number of hydrogen-bond acceptors (Lipinski definition) is 2. The van der Waals surface area contributed by atoms with Crippen molar-refractivity contribution >= 4 is 11.6 Å². The summed E-state index contributed by atoms with van der Waals surface area (Å²) in [5.74, 6) is 0.